The molecule has 0 radical (unpaired) electrons. The number of hydrogen-bond donors (Lipinski definition) is 3. The average Bonchev–Trinajstić information content (AvgIpc) is 2.37. The molecule has 0 aliphatic carbocycles. The van der Waals surface area contributed by atoms with E-state index < -0.39 is 16.2 Å². The molecule has 0 bridgehead atoms. The van der Waals surface area contributed by atoms with Crippen molar-refractivity contribution in [2.24, 2.45) is 0 Å². The molecule has 0 saturated heterocycles. The standard InChI is InChI=1S/C10H10FN5O3S/c1-12-9-14-8(11)15-10(16-9)13-6-2-4-7(5-3-6)20(17,18)19/h2-5H,1H3,(H,17,18,19)(H2,12,13,14,15,16). The Morgan fingerprint density at radius 2 is 1.70 bits per heavy atom. The van der Waals surface area contributed by atoms with Gasteiger partial charge in [0, 0.05) is 12.7 Å². The van der Waals surface area contributed by atoms with Gasteiger partial charge in [-0.05, 0) is 24.3 Å². The molecule has 2 aromatic rings. The fourth-order valence-corrected chi connectivity index (χ4v) is 1.84. The fraction of sp³-hybridized carbons (Fsp3) is 0.100. The van der Waals surface area contributed by atoms with Crippen LogP contribution in [0.1, 0.15) is 0 Å². The molecule has 0 atom stereocenters. The van der Waals surface area contributed by atoms with E-state index in [0.717, 1.165) is 0 Å². The molecule has 1 aromatic carbocycles. The van der Waals surface area contributed by atoms with E-state index >= 15 is 0 Å². The number of hydrogen-bond acceptors (Lipinski definition) is 7. The minimum atomic E-state index is -4.25. The van der Waals surface area contributed by atoms with E-state index in [2.05, 4.69) is 25.6 Å². The molecule has 2 rings (SSSR count). The van der Waals surface area contributed by atoms with Gasteiger partial charge in [0.15, 0.2) is 0 Å². The first-order chi connectivity index (χ1) is 9.38. The molecule has 1 aromatic heterocycles. The van der Waals surface area contributed by atoms with Gasteiger partial charge in [0.05, 0.1) is 4.90 Å². The van der Waals surface area contributed by atoms with Crippen LogP contribution in [0.25, 0.3) is 0 Å². The molecule has 0 unspecified atom stereocenters. The van der Waals surface area contributed by atoms with Gasteiger partial charge in [0.1, 0.15) is 0 Å². The highest BCUT2D eigenvalue weighted by molar-refractivity contribution is 7.85. The largest absolute Gasteiger partial charge is 0.357 e. The smallest absolute Gasteiger partial charge is 0.315 e. The Balaban J connectivity index is 2.24. The SMILES string of the molecule is CNc1nc(F)nc(Nc2ccc(S(=O)(=O)O)cc2)n1. The normalized spacial score (nSPS) is 11.2. The van der Waals surface area contributed by atoms with Crippen LogP contribution in [0.5, 0.6) is 0 Å². The molecule has 10 heteroatoms. The molecular weight excluding hydrogens is 289 g/mol. The summed E-state index contributed by atoms with van der Waals surface area (Å²) >= 11 is 0. The fourth-order valence-electron chi connectivity index (χ4n) is 1.36. The summed E-state index contributed by atoms with van der Waals surface area (Å²) in [4.78, 5) is 10.4. The molecule has 0 spiro atoms. The van der Waals surface area contributed by atoms with Crippen LogP contribution in [0, 0.1) is 6.08 Å². The second kappa shape index (κ2) is 5.35. The monoisotopic (exact) mass is 299 g/mol. The summed E-state index contributed by atoms with van der Waals surface area (Å²) in [5, 5.41) is 5.25. The highest BCUT2D eigenvalue weighted by Gasteiger charge is 2.09. The van der Waals surface area contributed by atoms with E-state index in [-0.39, 0.29) is 16.8 Å². The number of anilines is 3. The molecule has 20 heavy (non-hydrogen) atoms. The maximum absolute atomic E-state index is 13.1. The quantitative estimate of drug-likeness (QED) is 0.717. The molecule has 0 fully saturated rings. The highest BCUT2D eigenvalue weighted by Crippen LogP contribution is 2.17. The van der Waals surface area contributed by atoms with E-state index in [1.165, 1.54) is 31.3 Å². The molecule has 0 amide bonds. The van der Waals surface area contributed by atoms with Crippen LogP contribution in [-0.2, 0) is 10.1 Å². The van der Waals surface area contributed by atoms with Crippen LogP contribution in [0.2, 0.25) is 0 Å². The topological polar surface area (TPSA) is 117 Å². The second-order valence-electron chi connectivity index (χ2n) is 3.63. The summed E-state index contributed by atoms with van der Waals surface area (Å²) < 4.78 is 43.7. The van der Waals surface area contributed by atoms with Crippen LogP contribution in [-0.4, -0.2) is 35.0 Å². The molecule has 8 nitrogen and oxygen atoms in total. The van der Waals surface area contributed by atoms with Gasteiger partial charge in [-0.15, -0.1) is 0 Å². The lowest BCUT2D eigenvalue weighted by Crippen LogP contribution is -2.06. The van der Waals surface area contributed by atoms with Gasteiger partial charge in [0.2, 0.25) is 11.9 Å². The Bertz CT molecular complexity index is 720. The second-order valence-corrected chi connectivity index (χ2v) is 5.05. The van der Waals surface area contributed by atoms with E-state index in [4.69, 9.17) is 4.55 Å². The predicted molar refractivity (Wildman–Crippen MR) is 68.9 cm³/mol. The molecule has 3 N–H and O–H groups in total. The number of aromatic nitrogens is 3. The molecule has 0 aliphatic rings. The number of nitrogens with one attached hydrogen (secondary N) is 2. The van der Waals surface area contributed by atoms with E-state index in [0.29, 0.717) is 5.69 Å². The zero-order chi connectivity index (χ0) is 14.8. The van der Waals surface area contributed by atoms with Crippen molar-refractivity contribution in [3.63, 3.8) is 0 Å². The predicted octanol–water partition coefficient (Wildman–Crippen LogP) is 1.04. The number of benzene rings is 1. The number of nitrogens with zero attached hydrogens (tertiary/aromatic N) is 3. The van der Waals surface area contributed by atoms with Crippen molar-refractivity contribution in [2.45, 2.75) is 4.90 Å². The van der Waals surface area contributed by atoms with Crippen LogP contribution in [0.3, 0.4) is 0 Å². The molecular formula is C10H10FN5O3S. The van der Waals surface area contributed by atoms with Crippen molar-refractivity contribution in [1.29, 1.82) is 0 Å². The zero-order valence-electron chi connectivity index (χ0n) is 10.2. The first-order valence-electron chi connectivity index (χ1n) is 5.32. The number of rotatable bonds is 4. The Hall–Kier alpha value is -2.33. The van der Waals surface area contributed by atoms with Crippen molar-refractivity contribution in [1.82, 2.24) is 15.0 Å². The third-order valence-corrected chi connectivity index (χ3v) is 3.11. The van der Waals surface area contributed by atoms with Crippen molar-refractivity contribution in [3.8, 4) is 0 Å². The van der Waals surface area contributed by atoms with Crippen LogP contribution < -0.4 is 10.6 Å². The van der Waals surface area contributed by atoms with E-state index in [9.17, 15) is 12.8 Å². The van der Waals surface area contributed by atoms with Gasteiger partial charge in [-0.25, -0.2) is 0 Å². The summed E-state index contributed by atoms with van der Waals surface area (Å²) in [6.45, 7) is 0. The van der Waals surface area contributed by atoms with Crippen LogP contribution in [0.15, 0.2) is 29.2 Å². The lowest BCUT2D eigenvalue weighted by atomic mass is 10.3. The Labute approximate surface area is 113 Å². The highest BCUT2D eigenvalue weighted by atomic mass is 32.2. The molecule has 1 heterocycles. The van der Waals surface area contributed by atoms with Crippen molar-refractivity contribution in [3.05, 3.63) is 30.3 Å². The Morgan fingerprint density at radius 3 is 2.25 bits per heavy atom. The van der Waals surface area contributed by atoms with Gasteiger partial charge in [-0.3, -0.25) is 4.55 Å². The average molecular weight is 299 g/mol. The van der Waals surface area contributed by atoms with Crippen LogP contribution in [0.4, 0.5) is 22.0 Å². The summed E-state index contributed by atoms with van der Waals surface area (Å²) in [6.07, 6.45) is -0.957. The maximum Gasteiger partial charge on any atom is 0.315 e. The Kier molecular flexibility index (Phi) is 3.77. The minimum absolute atomic E-state index is 0.0403. The third kappa shape index (κ3) is 3.36. The number of halogens is 1. The van der Waals surface area contributed by atoms with Gasteiger partial charge in [-0.1, -0.05) is 0 Å². The zero-order valence-corrected chi connectivity index (χ0v) is 11.0. The summed E-state index contributed by atoms with van der Waals surface area (Å²) in [5.41, 5.74) is 0.421. The molecule has 0 aliphatic heterocycles. The Morgan fingerprint density at radius 1 is 1.10 bits per heavy atom. The van der Waals surface area contributed by atoms with E-state index in [1.807, 2.05) is 0 Å². The lowest BCUT2D eigenvalue weighted by molar-refractivity contribution is 0.483. The molecule has 0 saturated carbocycles. The van der Waals surface area contributed by atoms with Crippen molar-refractivity contribution < 1.29 is 17.4 Å². The summed E-state index contributed by atoms with van der Waals surface area (Å²) in [6, 6.07) is 5.14. The first-order valence-corrected chi connectivity index (χ1v) is 6.76. The molecule has 106 valence electrons. The maximum atomic E-state index is 13.1. The van der Waals surface area contributed by atoms with Crippen molar-refractivity contribution in [2.75, 3.05) is 17.7 Å². The van der Waals surface area contributed by atoms with Crippen molar-refractivity contribution >= 4 is 27.7 Å². The lowest BCUT2D eigenvalue weighted by Gasteiger charge is -2.06. The van der Waals surface area contributed by atoms with E-state index in [1.54, 1.807) is 0 Å². The minimum Gasteiger partial charge on any atom is -0.357 e. The van der Waals surface area contributed by atoms with Gasteiger partial charge < -0.3 is 10.6 Å². The first kappa shape index (κ1) is 14.1. The van der Waals surface area contributed by atoms with Gasteiger partial charge in [-0.2, -0.15) is 27.8 Å². The van der Waals surface area contributed by atoms with Crippen LogP contribution >= 0.6 is 0 Å². The summed E-state index contributed by atoms with van der Waals surface area (Å²) in [7, 11) is -2.72. The summed E-state index contributed by atoms with van der Waals surface area (Å²) in [5.74, 6) is 0.0102. The third-order valence-electron chi connectivity index (χ3n) is 2.24. The van der Waals surface area contributed by atoms with Gasteiger partial charge in [0.25, 0.3) is 10.1 Å². The van der Waals surface area contributed by atoms with Gasteiger partial charge >= 0.3 is 6.08 Å².